The van der Waals surface area contributed by atoms with Gasteiger partial charge in [-0.3, -0.25) is 4.79 Å². The number of amides is 3. The number of piperidine rings is 1. The number of anilines is 1. The van der Waals surface area contributed by atoms with Crippen LogP contribution in [0.1, 0.15) is 57.8 Å². The molecule has 0 saturated carbocycles. The van der Waals surface area contributed by atoms with Crippen LogP contribution in [0.2, 0.25) is 0 Å². The highest BCUT2D eigenvalue weighted by atomic mass is 19.1. The number of allylic oxidation sites excluding steroid dienone is 1. The average Bonchev–Trinajstić information content (AvgIpc) is 2.73. The monoisotopic (exact) mass is 401 g/mol. The summed E-state index contributed by atoms with van der Waals surface area (Å²) in [5.74, 6) is 0.0571. The largest absolute Gasteiger partial charge is 0.356 e. The van der Waals surface area contributed by atoms with Crippen LogP contribution in [0.4, 0.5) is 14.9 Å². The van der Waals surface area contributed by atoms with Gasteiger partial charge in [-0.1, -0.05) is 17.7 Å². The second kappa shape index (κ2) is 11.0. The topological polar surface area (TPSA) is 61.4 Å². The highest BCUT2D eigenvalue weighted by Gasteiger charge is 2.24. The molecule has 5 nitrogen and oxygen atoms in total. The molecule has 1 atom stereocenters. The van der Waals surface area contributed by atoms with Gasteiger partial charge in [0.15, 0.2) is 0 Å². The standard InChI is InChI=1S/C23H32FN3O2/c24-20-9-4-10-21(16-20)26-23(29)27-15-5-8-19(17-27)11-12-22(28)25-14-13-18-6-2-1-3-7-18/h4,6,9-10,16,19H,1-3,5,7-8,11-15,17H2,(H,25,28)(H,26,29)/t19-/m1/s1. The highest BCUT2D eigenvalue weighted by molar-refractivity contribution is 5.89. The maximum Gasteiger partial charge on any atom is 0.321 e. The SMILES string of the molecule is O=C(CC[C@H]1CCCN(C(=O)Nc2cccc(F)c2)C1)NCCC1=CCCCC1. The molecule has 1 fully saturated rings. The molecule has 0 aromatic heterocycles. The number of halogens is 1. The van der Waals surface area contributed by atoms with Gasteiger partial charge in [0.05, 0.1) is 0 Å². The van der Waals surface area contributed by atoms with Gasteiger partial charge in [-0.05, 0) is 75.5 Å². The molecule has 2 aliphatic rings. The molecule has 3 rings (SSSR count). The summed E-state index contributed by atoms with van der Waals surface area (Å²) in [5.41, 5.74) is 1.94. The summed E-state index contributed by atoms with van der Waals surface area (Å²) in [5, 5.41) is 5.79. The quantitative estimate of drug-likeness (QED) is 0.641. The Morgan fingerprint density at radius 3 is 2.90 bits per heavy atom. The van der Waals surface area contributed by atoms with Gasteiger partial charge in [0.2, 0.25) is 5.91 Å². The predicted molar refractivity (Wildman–Crippen MR) is 113 cm³/mol. The summed E-state index contributed by atoms with van der Waals surface area (Å²) in [7, 11) is 0. The third-order valence-electron chi connectivity index (χ3n) is 5.82. The second-order valence-corrected chi connectivity index (χ2v) is 8.14. The van der Waals surface area contributed by atoms with E-state index < -0.39 is 0 Å². The van der Waals surface area contributed by atoms with E-state index in [9.17, 15) is 14.0 Å². The van der Waals surface area contributed by atoms with E-state index >= 15 is 0 Å². The maximum absolute atomic E-state index is 13.3. The van der Waals surface area contributed by atoms with Gasteiger partial charge >= 0.3 is 6.03 Å². The van der Waals surface area contributed by atoms with Crippen molar-refractivity contribution in [3.8, 4) is 0 Å². The minimum absolute atomic E-state index is 0.0998. The molecule has 158 valence electrons. The molecule has 2 N–H and O–H groups in total. The summed E-state index contributed by atoms with van der Waals surface area (Å²) in [6.07, 6.45) is 11.4. The Labute approximate surface area is 172 Å². The maximum atomic E-state index is 13.3. The van der Waals surface area contributed by atoms with Gasteiger partial charge < -0.3 is 15.5 Å². The van der Waals surface area contributed by atoms with E-state index in [2.05, 4.69) is 16.7 Å². The van der Waals surface area contributed by atoms with Crippen molar-refractivity contribution in [3.63, 3.8) is 0 Å². The van der Waals surface area contributed by atoms with E-state index in [4.69, 9.17) is 0 Å². The molecule has 0 spiro atoms. The van der Waals surface area contributed by atoms with Gasteiger partial charge in [-0.15, -0.1) is 0 Å². The molecule has 6 heteroatoms. The van der Waals surface area contributed by atoms with E-state index in [-0.39, 0.29) is 17.8 Å². The normalized spacial score (nSPS) is 19.4. The number of nitrogens with one attached hydrogen (secondary N) is 2. The lowest BCUT2D eigenvalue weighted by atomic mass is 9.93. The first-order valence-corrected chi connectivity index (χ1v) is 10.9. The van der Waals surface area contributed by atoms with Crippen LogP contribution in [0.15, 0.2) is 35.9 Å². The third-order valence-corrected chi connectivity index (χ3v) is 5.82. The number of hydrogen-bond acceptors (Lipinski definition) is 2. The van der Waals surface area contributed by atoms with Gasteiger partial charge in [0.25, 0.3) is 0 Å². The summed E-state index contributed by atoms with van der Waals surface area (Å²) < 4.78 is 13.3. The van der Waals surface area contributed by atoms with Crippen molar-refractivity contribution in [2.45, 2.75) is 57.8 Å². The van der Waals surface area contributed by atoms with Crippen LogP contribution in [0, 0.1) is 11.7 Å². The molecule has 0 bridgehead atoms. The molecule has 1 aromatic carbocycles. The Hall–Kier alpha value is -2.37. The van der Waals surface area contributed by atoms with E-state index in [1.165, 1.54) is 43.4 Å². The minimum Gasteiger partial charge on any atom is -0.356 e. The lowest BCUT2D eigenvalue weighted by Crippen LogP contribution is -2.42. The fourth-order valence-electron chi connectivity index (χ4n) is 4.17. The second-order valence-electron chi connectivity index (χ2n) is 8.14. The summed E-state index contributed by atoms with van der Waals surface area (Å²) in [6, 6.07) is 5.71. The van der Waals surface area contributed by atoms with Crippen molar-refractivity contribution in [3.05, 3.63) is 41.7 Å². The number of carbonyl (C=O) groups excluding carboxylic acids is 2. The van der Waals surface area contributed by atoms with Crippen molar-refractivity contribution < 1.29 is 14.0 Å². The smallest absolute Gasteiger partial charge is 0.321 e. The molecular formula is C23H32FN3O2. The first-order chi connectivity index (χ1) is 14.1. The fourth-order valence-corrected chi connectivity index (χ4v) is 4.17. The first kappa shape index (κ1) is 21.3. The predicted octanol–water partition coefficient (Wildman–Crippen LogP) is 4.86. The molecule has 1 aromatic rings. The first-order valence-electron chi connectivity index (χ1n) is 10.9. The third kappa shape index (κ3) is 7.18. The zero-order chi connectivity index (χ0) is 20.5. The van der Waals surface area contributed by atoms with Crippen LogP contribution in [0.5, 0.6) is 0 Å². The summed E-state index contributed by atoms with van der Waals surface area (Å²) in [4.78, 5) is 26.4. The lowest BCUT2D eigenvalue weighted by molar-refractivity contribution is -0.121. The number of hydrogen-bond donors (Lipinski definition) is 2. The number of carbonyl (C=O) groups is 2. The van der Waals surface area contributed by atoms with Crippen LogP contribution < -0.4 is 10.6 Å². The Balaban J connectivity index is 1.36. The molecule has 29 heavy (non-hydrogen) atoms. The van der Waals surface area contributed by atoms with E-state index in [1.54, 1.807) is 17.0 Å². The molecule has 0 unspecified atom stereocenters. The Morgan fingerprint density at radius 1 is 1.21 bits per heavy atom. The average molecular weight is 402 g/mol. The highest BCUT2D eigenvalue weighted by Crippen LogP contribution is 2.22. The van der Waals surface area contributed by atoms with Crippen molar-refractivity contribution in [2.75, 3.05) is 25.0 Å². The van der Waals surface area contributed by atoms with Gasteiger partial charge in [0, 0.05) is 31.7 Å². The van der Waals surface area contributed by atoms with Crippen LogP contribution >= 0.6 is 0 Å². The van der Waals surface area contributed by atoms with Crippen molar-refractivity contribution in [2.24, 2.45) is 5.92 Å². The molecule has 1 saturated heterocycles. The van der Waals surface area contributed by atoms with E-state index in [1.807, 2.05) is 0 Å². The molecule has 3 amide bonds. The van der Waals surface area contributed by atoms with Gasteiger partial charge in [0.1, 0.15) is 5.82 Å². The van der Waals surface area contributed by atoms with Crippen LogP contribution in [-0.4, -0.2) is 36.5 Å². The van der Waals surface area contributed by atoms with Crippen molar-refractivity contribution in [1.82, 2.24) is 10.2 Å². The zero-order valence-electron chi connectivity index (χ0n) is 17.1. The number of rotatable bonds is 7. The lowest BCUT2D eigenvalue weighted by Gasteiger charge is -2.32. The Kier molecular flexibility index (Phi) is 8.08. The molecule has 1 aliphatic carbocycles. The number of urea groups is 1. The Bertz CT molecular complexity index is 735. The zero-order valence-corrected chi connectivity index (χ0v) is 17.1. The summed E-state index contributed by atoms with van der Waals surface area (Å²) >= 11 is 0. The summed E-state index contributed by atoms with van der Waals surface area (Å²) in [6.45, 7) is 2.05. The molecule has 0 radical (unpaired) electrons. The van der Waals surface area contributed by atoms with E-state index in [0.29, 0.717) is 31.1 Å². The van der Waals surface area contributed by atoms with Gasteiger partial charge in [-0.2, -0.15) is 0 Å². The van der Waals surface area contributed by atoms with Crippen molar-refractivity contribution in [1.29, 1.82) is 0 Å². The number of likely N-dealkylation sites (tertiary alicyclic amines) is 1. The molecule has 1 heterocycles. The van der Waals surface area contributed by atoms with Crippen LogP contribution in [0.3, 0.4) is 0 Å². The van der Waals surface area contributed by atoms with E-state index in [0.717, 1.165) is 32.2 Å². The minimum atomic E-state index is -0.370. The molecular weight excluding hydrogens is 369 g/mol. The molecule has 1 aliphatic heterocycles. The van der Waals surface area contributed by atoms with Crippen LogP contribution in [-0.2, 0) is 4.79 Å². The number of nitrogens with zero attached hydrogens (tertiary/aromatic N) is 1. The van der Waals surface area contributed by atoms with Gasteiger partial charge in [-0.25, -0.2) is 9.18 Å². The van der Waals surface area contributed by atoms with Crippen LogP contribution in [0.25, 0.3) is 0 Å². The fraction of sp³-hybridized carbons (Fsp3) is 0.565. The Morgan fingerprint density at radius 2 is 2.10 bits per heavy atom. The van der Waals surface area contributed by atoms with Crippen molar-refractivity contribution >= 4 is 17.6 Å². The number of benzene rings is 1.